The van der Waals surface area contributed by atoms with Gasteiger partial charge in [0.25, 0.3) is 0 Å². The van der Waals surface area contributed by atoms with E-state index in [1.807, 2.05) is 36.5 Å². The van der Waals surface area contributed by atoms with Crippen LogP contribution in [0.4, 0.5) is 5.95 Å². The molecule has 1 amide bonds. The molecule has 0 radical (unpaired) electrons. The van der Waals surface area contributed by atoms with Crippen molar-refractivity contribution in [3.05, 3.63) is 55.0 Å². The highest BCUT2D eigenvalue weighted by molar-refractivity contribution is 7.99. The molecule has 10 heteroatoms. The van der Waals surface area contributed by atoms with Crippen molar-refractivity contribution in [2.75, 3.05) is 25.3 Å². The van der Waals surface area contributed by atoms with Crippen molar-refractivity contribution in [2.24, 2.45) is 0 Å². The Labute approximate surface area is 176 Å². The van der Waals surface area contributed by atoms with Gasteiger partial charge in [-0.1, -0.05) is 11.8 Å². The van der Waals surface area contributed by atoms with E-state index in [9.17, 15) is 4.79 Å². The molecule has 9 nitrogen and oxygen atoms in total. The van der Waals surface area contributed by atoms with Crippen LogP contribution in [0.1, 0.15) is 0 Å². The maximum atomic E-state index is 12.2. The second-order valence-corrected chi connectivity index (χ2v) is 7.07. The Balaban J connectivity index is 1.50. The summed E-state index contributed by atoms with van der Waals surface area (Å²) < 4.78 is 12.3. The summed E-state index contributed by atoms with van der Waals surface area (Å²) >= 11 is 1.24. The van der Waals surface area contributed by atoms with Crippen LogP contribution in [0.2, 0.25) is 0 Å². The molecule has 0 aliphatic carbocycles. The molecule has 1 aromatic carbocycles. The summed E-state index contributed by atoms with van der Waals surface area (Å²) in [5.41, 5.74) is 2.43. The highest BCUT2D eigenvalue weighted by Crippen LogP contribution is 2.29. The molecule has 30 heavy (non-hydrogen) atoms. The van der Waals surface area contributed by atoms with E-state index in [0.717, 1.165) is 11.1 Å². The normalized spacial score (nSPS) is 10.7. The smallest absolute Gasteiger partial charge is 0.249 e. The fourth-order valence-electron chi connectivity index (χ4n) is 2.73. The van der Waals surface area contributed by atoms with Gasteiger partial charge in [-0.3, -0.25) is 10.1 Å². The minimum Gasteiger partial charge on any atom is -0.497 e. The number of nitrogens with zero attached hydrogens (tertiary/aromatic N) is 5. The maximum Gasteiger partial charge on any atom is 0.249 e. The Morgan fingerprint density at radius 2 is 1.80 bits per heavy atom. The molecule has 1 N–H and O–H groups in total. The summed E-state index contributed by atoms with van der Waals surface area (Å²) in [5, 5.41) is 7.58. The summed E-state index contributed by atoms with van der Waals surface area (Å²) in [6, 6.07) is 11.1. The van der Waals surface area contributed by atoms with Crippen molar-refractivity contribution >= 4 is 29.3 Å². The van der Waals surface area contributed by atoms with Gasteiger partial charge in [-0.15, -0.1) is 5.10 Å². The van der Waals surface area contributed by atoms with Crippen molar-refractivity contribution in [3.63, 3.8) is 0 Å². The Morgan fingerprint density at radius 1 is 1.07 bits per heavy atom. The van der Waals surface area contributed by atoms with E-state index >= 15 is 0 Å². The van der Waals surface area contributed by atoms with Gasteiger partial charge in [0.1, 0.15) is 11.5 Å². The van der Waals surface area contributed by atoms with Crippen LogP contribution < -0.4 is 14.8 Å². The maximum absolute atomic E-state index is 12.2. The van der Waals surface area contributed by atoms with Crippen molar-refractivity contribution in [3.8, 4) is 22.6 Å². The topological polar surface area (TPSA) is 104 Å². The summed E-state index contributed by atoms with van der Waals surface area (Å²) in [6.45, 7) is 0. The lowest BCUT2D eigenvalue weighted by atomic mass is 10.1. The molecular formula is C20H18N6O3S. The number of pyridine rings is 1. The molecule has 0 saturated carbocycles. The van der Waals surface area contributed by atoms with Gasteiger partial charge in [-0.2, -0.15) is 4.98 Å². The van der Waals surface area contributed by atoms with Crippen molar-refractivity contribution in [1.82, 2.24) is 24.6 Å². The number of fused-ring (bicyclic) bond motifs is 1. The van der Waals surface area contributed by atoms with E-state index in [4.69, 9.17) is 9.47 Å². The Morgan fingerprint density at radius 3 is 2.50 bits per heavy atom. The second kappa shape index (κ2) is 8.78. The van der Waals surface area contributed by atoms with Gasteiger partial charge in [0.15, 0.2) is 10.8 Å². The SMILES string of the molecule is COc1cc(OC)cc(-c2ccc3nc(NC(=O)CSc4ncccn4)nn3c2)c1. The number of benzene rings is 1. The monoisotopic (exact) mass is 422 g/mol. The molecule has 0 bridgehead atoms. The lowest BCUT2D eigenvalue weighted by molar-refractivity contribution is -0.113. The quantitative estimate of drug-likeness (QED) is 0.358. The van der Waals surface area contributed by atoms with Crippen LogP contribution in [0.5, 0.6) is 11.5 Å². The number of carbonyl (C=O) groups is 1. The molecule has 0 fully saturated rings. The van der Waals surface area contributed by atoms with Gasteiger partial charge in [0.2, 0.25) is 11.9 Å². The van der Waals surface area contributed by atoms with E-state index in [1.165, 1.54) is 11.8 Å². The summed E-state index contributed by atoms with van der Waals surface area (Å²) in [5.74, 6) is 1.54. The second-order valence-electron chi connectivity index (χ2n) is 6.13. The predicted octanol–water partition coefficient (Wildman–Crippen LogP) is 2.93. The fourth-order valence-corrected chi connectivity index (χ4v) is 3.33. The van der Waals surface area contributed by atoms with Crippen LogP contribution in [0, 0.1) is 0 Å². The van der Waals surface area contributed by atoms with Crippen molar-refractivity contribution < 1.29 is 14.3 Å². The van der Waals surface area contributed by atoms with E-state index < -0.39 is 0 Å². The number of rotatable bonds is 7. The minimum atomic E-state index is -0.235. The van der Waals surface area contributed by atoms with Gasteiger partial charge in [0, 0.05) is 30.2 Å². The average Bonchev–Trinajstić information content (AvgIpc) is 3.19. The summed E-state index contributed by atoms with van der Waals surface area (Å²) in [4.78, 5) is 24.7. The first-order valence-electron chi connectivity index (χ1n) is 8.94. The molecule has 0 spiro atoms. The first kappa shape index (κ1) is 19.6. The largest absolute Gasteiger partial charge is 0.497 e. The Bertz CT molecular complexity index is 1160. The van der Waals surface area contributed by atoms with E-state index in [-0.39, 0.29) is 17.6 Å². The molecule has 0 saturated heterocycles. The molecule has 3 heterocycles. The van der Waals surface area contributed by atoms with E-state index in [1.54, 1.807) is 37.2 Å². The molecule has 0 aliphatic heterocycles. The van der Waals surface area contributed by atoms with Crippen molar-refractivity contribution in [1.29, 1.82) is 0 Å². The number of carbonyl (C=O) groups excluding carboxylic acids is 1. The van der Waals surface area contributed by atoms with Gasteiger partial charge < -0.3 is 9.47 Å². The van der Waals surface area contributed by atoms with Crippen LogP contribution in [-0.2, 0) is 4.79 Å². The lowest BCUT2D eigenvalue weighted by Gasteiger charge is -2.08. The number of anilines is 1. The van der Waals surface area contributed by atoms with Crippen LogP contribution >= 0.6 is 11.8 Å². The third-order valence-electron chi connectivity index (χ3n) is 4.14. The molecular weight excluding hydrogens is 404 g/mol. The standard InChI is InChI=1S/C20H18N6O3S/c1-28-15-8-14(9-16(10-15)29-2)13-4-5-17-23-19(25-26(17)11-13)24-18(27)12-30-20-21-6-3-7-22-20/h3-11H,12H2,1-2H3,(H,24,25,27). The lowest BCUT2D eigenvalue weighted by Crippen LogP contribution is -2.15. The minimum absolute atomic E-state index is 0.161. The molecule has 4 aromatic rings. The van der Waals surface area contributed by atoms with E-state index in [0.29, 0.717) is 22.3 Å². The molecule has 4 rings (SSSR count). The van der Waals surface area contributed by atoms with Crippen LogP contribution in [0.25, 0.3) is 16.8 Å². The third kappa shape index (κ3) is 4.49. The number of ether oxygens (including phenoxy) is 2. The highest BCUT2D eigenvalue weighted by Gasteiger charge is 2.11. The number of thioether (sulfide) groups is 1. The highest BCUT2D eigenvalue weighted by atomic mass is 32.2. The number of hydrogen-bond acceptors (Lipinski definition) is 8. The summed E-state index contributed by atoms with van der Waals surface area (Å²) in [6.07, 6.45) is 5.09. The number of methoxy groups -OCH3 is 2. The number of hydrogen-bond donors (Lipinski definition) is 1. The fraction of sp³-hybridized carbons (Fsp3) is 0.150. The molecule has 3 aromatic heterocycles. The number of aromatic nitrogens is 5. The van der Waals surface area contributed by atoms with Crippen molar-refractivity contribution in [2.45, 2.75) is 5.16 Å². The zero-order valence-corrected chi connectivity index (χ0v) is 17.1. The van der Waals surface area contributed by atoms with Crippen LogP contribution in [0.3, 0.4) is 0 Å². The molecule has 0 aliphatic rings. The van der Waals surface area contributed by atoms with Gasteiger partial charge in [-0.05, 0) is 35.9 Å². The van der Waals surface area contributed by atoms with Gasteiger partial charge in [0.05, 0.1) is 20.0 Å². The van der Waals surface area contributed by atoms with Crippen LogP contribution in [0.15, 0.2) is 60.1 Å². The molecule has 152 valence electrons. The Hall–Kier alpha value is -3.66. The molecule has 0 unspecified atom stereocenters. The van der Waals surface area contributed by atoms with Crippen LogP contribution in [-0.4, -0.2) is 50.4 Å². The first-order chi connectivity index (χ1) is 14.6. The third-order valence-corrected chi connectivity index (χ3v) is 5.02. The number of amides is 1. The van der Waals surface area contributed by atoms with E-state index in [2.05, 4.69) is 25.4 Å². The first-order valence-corrected chi connectivity index (χ1v) is 9.93. The van der Waals surface area contributed by atoms with Gasteiger partial charge >= 0.3 is 0 Å². The average molecular weight is 422 g/mol. The predicted molar refractivity (Wildman–Crippen MR) is 113 cm³/mol. The Kier molecular flexibility index (Phi) is 5.75. The summed E-state index contributed by atoms with van der Waals surface area (Å²) in [7, 11) is 3.21. The zero-order chi connectivity index (χ0) is 20.9. The van der Waals surface area contributed by atoms with Gasteiger partial charge in [-0.25, -0.2) is 14.5 Å². The zero-order valence-electron chi connectivity index (χ0n) is 16.3. The number of nitrogens with one attached hydrogen (secondary N) is 1. The molecule has 0 atom stereocenters.